The van der Waals surface area contributed by atoms with Gasteiger partial charge in [0.1, 0.15) is 0 Å². The van der Waals surface area contributed by atoms with Gasteiger partial charge >= 0.3 is 12.0 Å². The van der Waals surface area contributed by atoms with Gasteiger partial charge < -0.3 is 9.80 Å². The summed E-state index contributed by atoms with van der Waals surface area (Å²) < 4.78 is 0. The van der Waals surface area contributed by atoms with E-state index in [0.717, 1.165) is 70.9 Å². The molecule has 0 aliphatic carbocycles. The van der Waals surface area contributed by atoms with Gasteiger partial charge in [-0.1, -0.05) is 84.9 Å². The lowest BCUT2D eigenvalue weighted by molar-refractivity contribution is 0.914. The first-order valence-corrected chi connectivity index (χ1v) is 27.7. The summed E-state index contributed by atoms with van der Waals surface area (Å²) in [5.74, 6) is 0. The van der Waals surface area contributed by atoms with E-state index in [1.165, 1.54) is 11.1 Å². The molecule has 0 heterocycles. The number of para-hydroxylation sites is 2. The zero-order valence-electron chi connectivity index (χ0n) is 28.4. The van der Waals surface area contributed by atoms with E-state index in [1.54, 1.807) is 0 Å². The minimum absolute atomic E-state index is 0.660. The molecule has 52 heavy (non-hydrogen) atoms. The van der Waals surface area contributed by atoms with Crippen molar-refractivity contribution >= 4 is 113 Å². The van der Waals surface area contributed by atoms with Crippen LogP contribution in [0.1, 0.15) is 24.0 Å². The Morgan fingerprint density at radius 2 is 0.596 bits per heavy atom. The van der Waals surface area contributed by atoms with E-state index in [-0.39, 0.29) is 0 Å². The van der Waals surface area contributed by atoms with Crippen molar-refractivity contribution in [3.63, 3.8) is 0 Å². The van der Waals surface area contributed by atoms with Crippen molar-refractivity contribution in [1.29, 1.82) is 0 Å². The fourth-order valence-electron chi connectivity index (χ4n) is 6.26. The highest BCUT2D eigenvalue weighted by Crippen LogP contribution is 2.38. The van der Waals surface area contributed by atoms with E-state index < -0.39 is 12.0 Å². The molecular weight excluding hydrogens is 801 g/mol. The van der Waals surface area contributed by atoms with Gasteiger partial charge in [-0.15, -0.1) is 66.5 Å². The van der Waals surface area contributed by atoms with Crippen LogP contribution in [0.15, 0.2) is 158 Å². The zero-order valence-corrected chi connectivity index (χ0v) is 35.0. The third-order valence-electron chi connectivity index (χ3n) is 8.85. The number of hydrogen-bond donors (Lipinski definition) is 0. The smallest absolute Gasteiger partial charge is 0.311 e. The Bertz CT molecular complexity index is 1830. The van der Waals surface area contributed by atoms with E-state index in [9.17, 15) is 0 Å². The van der Waals surface area contributed by atoms with Crippen molar-refractivity contribution in [2.75, 3.05) is 9.80 Å². The quantitative estimate of drug-likeness (QED) is 0.0751. The number of rotatable bonds is 15. The van der Waals surface area contributed by atoms with Crippen molar-refractivity contribution < 1.29 is 0 Å². The van der Waals surface area contributed by atoms with Crippen molar-refractivity contribution in [2.45, 2.75) is 37.8 Å². The van der Waals surface area contributed by atoms with Gasteiger partial charge in [-0.3, -0.25) is 0 Å². The second-order valence-corrected chi connectivity index (χ2v) is 31.3. The van der Waals surface area contributed by atoms with Gasteiger partial charge in [0.05, 0.1) is 0 Å². The molecule has 6 aromatic rings. The Labute approximate surface area is 337 Å². The summed E-state index contributed by atoms with van der Waals surface area (Å²) >= 11 is 36.6. The summed E-state index contributed by atoms with van der Waals surface area (Å²) in [5.41, 5.74) is 11.3. The first kappa shape index (κ1) is 38.8. The standard InChI is InChI=1S/C42H38Cl6N2Si2/c43-51(44,45)31-7-9-33-15-23-39(24-16-33)49(37-11-3-1-4-12-37)41-27-19-35(20-28-41)36-21-29-42(30-22-36)50(38-13-5-2-6-14-38)40-25-17-34(18-26-40)10-8-32-52(46,47)48/h1-6,11-30H,7-10,31-32H2. The van der Waals surface area contributed by atoms with Gasteiger partial charge in [0.15, 0.2) is 0 Å². The molecule has 0 radical (unpaired) electrons. The molecule has 0 bridgehead atoms. The second kappa shape index (κ2) is 17.9. The zero-order chi connectivity index (χ0) is 36.6. The van der Waals surface area contributed by atoms with Gasteiger partial charge in [-0.2, -0.15) is 0 Å². The van der Waals surface area contributed by atoms with Crippen molar-refractivity contribution in [2.24, 2.45) is 0 Å². The molecule has 0 spiro atoms. The SMILES string of the molecule is Cl[Si](Cl)(Cl)CCCc1ccc(N(c2ccccc2)c2ccc(-c3ccc(N(c4ccccc4)c4ccc(CCC[Si](Cl)(Cl)Cl)cc4)cc3)cc2)cc1. The van der Waals surface area contributed by atoms with Crippen molar-refractivity contribution in [3.05, 3.63) is 169 Å². The number of halogens is 6. The molecule has 0 atom stereocenters. The van der Waals surface area contributed by atoms with Crippen molar-refractivity contribution in [3.8, 4) is 11.1 Å². The van der Waals surface area contributed by atoms with Crippen LogP contribution in [0.3, 0.4) is 0 Å². The highest BCUT2D eigenvalue weighted by atomic mass is 35.8. The molecule has 10 heteroatoms. The summed E-state index contributed by atoms with van der Waals surface area (Å²) in [4.78, 5) is 4.55. The molecule has 0 aromatic heterocycles. The molecule has 0 aliphatic heterocycles. The van der Waals surface area contributed by atoms with Crippen LogP contribution in [0, 0.1) is 0 Å². The predicted octanol–water partition coefficient (Wildman–Crippen LogP) is 15.5. The number of nitrogens with zero attached hydrogens (tertiary/aromatic N) is 2. The molecule has 0 aliphatic rings. The molecule has 0 saturated heterocycles. The lowest BCUT2D eigenvalue weighted by atomic mass is 10.0. The number of benzene rings is 6. The average Bonchev–Trinajstić information content (AvgIpc) is 3.14. The van der Waals surface area contributed by atoms with Gasteiger partial charge in [0.2, 0.25) is 0 Å². The van der Waals surface area contributed by atoms with Crippen LogP contribution in [0.5, 0.6) is 0 Å². The van der Waals surface area contributed by atoms with E-state index in [1.807, 2.05) is 12.1 Å². The number of hydrogen-bond acceptors (Lipinski definition) is 2. The van der Waals surface area contributed by atoms with Gasteiger partial charge in [-0.25, -0.2) is 0 Å². The van der Waals surface area contributed by atoms with Crippen LogP contribution in [-0.2, 0) is 12.8 Å². The third-order valence-corrected chi connectivity index (χ3v) is 14.1. The van der Waals surface area contributed by atoms with Crippen LogP contribution >= 0.6 is 66.5 Å². The Morgan fingerprint density at radius 1 is 0.327 bits per heavy atom. The maximum atomic E-state index is 6.10. The molecule has 6 rings (SSSR count). The van der Waals surface area contributed by atoms with Crippen LogP contribution in [0.25, 0.3) is 11.1 Å². The Hall–Kier alpha value is -2.91. The normalized spacial score (nSPS) is 11.7. The molecule has 0 fully saturated rings. The largest absolute Gasteiger partial charge is 0.341 e. The first-order chi connectivity index (χ1) is 25.0. The lowest BCUT2D eigenvalue weighted by Crippen LogP contribution is -2.10. The van der Waals surface area contributed by atoms with Crippen molar-refractivity contribution in [1.82, 2.24) is 0 Å². The summed E-state index contributed by atoms with van der Waals surface area (Å²) in [6.07, 6.45) is 3.51. The van der Waals surface area contributed by atoms with Gasteiger partial charge in [0, 0.05) is 34.1 Å². The third kappa shape index (κ3) is 11.1. The summed E-state index contributed by atoms with van der Waals surface area (Å²) in [7, 11) is 0. The lowest BCUT2D eigenvalue weighted by Gasteiger charge is -2.26. The van der Waals surface area contributed by atoms with Crippen LogP contribution < -0.4 is 9.80 Å². The molecule has 0 N–H and O–H groups in total. The number of aryl methyl sites for hydroxylation is 2. The Kier molecular flexibility index (Phi) is 13.4. The first-order valence-electron chi connectivity index (χ1n) is 17.2. The molecule has 6 aromatic carbocycles. The Morgan fingerprint density at radius 3 is 0.885 bits per heavy atom. The minimum Gasteiger partial charge on any atom is -0.311 e. The van der Waals surface area contributed by atoms with Crippen LogP contribution in [0.4, 0.5) is 34.1 Å². The maximum absolute atomic E-state index is 6.10. The van der Waals surface area contributed by atoms with E-state index in [0.29, 0.717) is 12.1 Å². The predicted molar refractivity (Wildman–Crippen MR) is 234 cm³/mol. The maximum Gasteiger partial charge on any atom is 0.341 e. The molecule has 0 amide bonds. The summed E-state index contributed by atoms with van der Waals surface area (Å²) in [5, 5.41) is 0. The molecule has 266 valence electrons. The minimum atomic E-state index is -2.61. The van der Waals surface area contributed by atoms with Crippen LogP contribution in [0.2, 0.25) is 12.1 Å². The topological polar surface area (TPSA) is 6.48 Å². The summed E-state index contributed by atoms with van der Waals surface area (Å²) in [6, 6.07) is 51.8. The van der Waals surface area contributed by atoms with E-state index >= 15 is 0 Å². The second-order valence-electron chi connectivity index (χ2n) is 12.7. The molecule has 0 unspecified atom stereocenters. The Balaban J connectivity index is 1.21. The fraction of sp³-hybridized carbons (Fsp3) is 0.143. The van der Waals surface area contributed by atoms with Crippen LogP contribution in [-0.4, -0.2) is 12.0 Å². The molecule has 0 saturated carbocycles. The average molecular weight is 840 g/mol. The monoisotopic (exact) mass is 836 g/mol. The highest BCUT2D eigenvalue weighted by molar-refractivity contribution is 7.65. The number of anilines is 6. The van der Waals surface area contributed by atoms with E-state index in [4.69, 9.17) is 66.5 Å². The van der Waals surface area contributed by atoms with E-state index in [2.05, 4.69) is 155 Å². The highest BCUT2D eigenvalue weighted by Gasteiger charge is 2.24. The molecule has 2 nitrogen and oxygen atoms in total. The molecular formula is C42H38Cl6N2Si2. The fourth-order valence-corrected chi connectivity index (χ4v) is 9.82. The summed E-state index contributed by atoms with van der Waals surface area (Å²) in [6.45, 7) is 0. The van der Waals surface area contributed by atoms with Gasteiger partial charge in [-0.05, 0) is 133 Å². The van der Waals surface area contributed by atoms with Gasteiger partial charge in [0.25, 0.3) is 0 Å².